The predicted octanol–water partition coefficient (Wildman–Crippen LogP) is 3.35. The van der Waals surface area contributed by atoms with E-state index >= 15 is 0 Å². The predicted molar refractivity (Wildman–Crippen MR) is 119 cm³/mol. The average molecular weight is 415 g/mol. The molecule has 158 valence electrons. The number of nitrogens with zero attached hydrogens (tertiary/aromatic N) is 3. The Labute approximate surface area is 182 Å². The molecular formula is C25H26N4O2. The third-order valence-corrected chi connectivity index (χ3v) is 5.95. The van der Waals surface area contributed by atoms with E-state index in [9.17, 15) is 9.59 Å². The first kappa shape index (κ1) is 20.7. The van der Waals surface area contributed by atoms with E-state index in [2.05, 4.69) is 21.4 Å². The van der Waals surface area contributed by atoms with Gasteiger partial charge >= 0.3 is 0 Å². The lowest BCUT2D eigenvalue weighted by Gasteiger charge is -2.41. The molecule has 0 spiro atoms. The summed E-state index contributed by atoms with van der Waals surface area (Å²) in [6.45, 7) is 1.03. The molecule has 1 fully saturated rings. The lowest BCUT2D eigenvalue weighted by atomic mass is 9.74. The molecule has 1 aliphatic heterocycles. The van der Waals surface area contributed by atoms with Crippen molar-refractivity contribution >= 4 is 11.8 Å². The molecule has 6 heteroatoms. The highest BCUT2D eigenvalue weighted by atomic mass is 16.2. The van der Waals surface area contributed by atoms with Gasteiger partial charge in [-0.1, -0.05) is 30.3 Å². The highest BCUT2D eigenvalue weighted by molar-refractivity contribution is 5.94. The van der Waals surface area contributed by atoms with E-state index in [0.717, 1.165) is 29.5 Å². The van der Waals surface area contributed by atoms with Crippen LogP contribution < -0.4 is 5.32 Å². The molecule has 0 unspecified atom stereocenters. The largest absolute Gasteiger partial charge is 0.359 e. The molecule has 0 saturated carbocycles. The fourth-order valence-electron chi connectivity index (χ4n) is 4.44. The van der Waals surface area contributed by atoms with Crippen molar-refractivity contribution in [1.82, 2.24) is 20.2 Å². The minimum atomic E-state index is -0.668. The van der Waals surface area contributed by atoms with Crippen molar-refractivity contribution in [1.29, 1.82) is 0 Å². The Kier molecular flexibility index (Phi) is 6.07. The number of carbonyl (C=O) groups excluding carboxylic acids is 2. The summed E-state index contributed by atoms with van der Waals surface area (Å²) in [6, 6.07) is 15.7. The number of carbonyl (C=O) groups is 2. The smallest absolute Gasteiger partial charge is 0.255 e. The highest BCUT2D eigenvalue weighted by Crippen LogP contribution is 2.35. The van der Waals surface area contributed by atoms with Crippen LogP contribution in [0.25, 0.3) is 11.1 Å². The van der Waals surface area contributed by atoms with Gasteiger partial charge in [0.05, 0.1) is 11.0 Å². The van der Waals surface area contributed by atoms with Gasteiger partial charge in [-0.15, -0.1) is 0 Å². The summed E-state index contributed by atoms with van der Waals surface area (Å²) >= 11 is 0. The molecule has 1 N–H and O–H groups in total. The van der Waals surface area contributed by atoms with Gasteiger partial charge in [0.1, 0.15) is 0 Å². The van der Waals surface area contributed by atoms with Crippen molar-refractivity contribution in [3.63, 3.8) is 0 Å². The number of benzene rings is 1. The second-order valence-corrected chi connectivity index (χ2v) is 8.05. The number of rotatable bonds is 5. The first-order valence-corrected chi connectivity index (χ1v) is 10.5. The molecule has 31 heavy (non-hydrogen) atoms. The number of hydrogen-bond acceptors (Lipinski definition) is 4. The number of likely N-dealkylation sites (tertiary alicyclic amines) is 1. The van der Waals surface area contributed by atoms with Gasteiger partial charge in [0.15, 0.2) is 0 Å². The maximum atomic E-state index is 13.1. The number of pyridine rings is 2. The van der Waals surface area contributed by atoms with Crippen LogP contribution in [0.3, 0.4) is 0 Å². The molecule has 0 bridgehead atoms. The van der Waals surface area contributed by atoms with Gasteiger partial charge in [-0.25, -0.2) is 0 Å². The third kappa shape index (κ3) is 4.48. The monoisotopic (exact) mass is 414 g/mol. The molecule has 3 aromatic rings. The molecule has 2 aromatic heterocycles. The normalized spacial score (nSPS) is 18.4. The van der Waals surface area contributed by atoms with E-state index in [4.69, 9.17) is 0 Å². The van der Waals surface area contributed by atoms with Crippen molar-refractivity contribution in [2.75, 3.05) is 20.1 Å². The van der Waals surface area contributed by atoms with Crippen molar-refractivity contribution in [2.24, 2.45) is 5.41 Å². The quantitative estimate of drug-likeness (QED) is 0.695. The Bertz CT molecular complexity index is 1060. The summed E-state index contributed by atoms with van der Waals surface area (Å²) in [4.78, 5) is 36.2. The Hall–Kier alpha value is -3.54. The Balaban J connectivity index is 1.61. The van der Waals surface area contributed by atoms with Crippen LogP contribution in [0.5, 0.6) is 0 Å². The van der Waals surface area contributed by atoms with Crippen LogP contribution in [-0.4, -0.2) is 46.8 Å². The number of aromatic nitrogens is 2. The average Bonchev–Trinajstić information content (AvgIpc) is 2.84. The first-order chi connectivity index (χ1) is 15.1. The van der Waals surface area contributed by atoms with E-state index in [1.807, 2.05) is 36.5 Å². The van der Waals surface area contributed by atoms with Gasteiger partial charge in [-0.05, 0) is 54.2 Å². The van der Waals surface area contributed by atoms with E-state index in [-0.39, 0.29) is 11.8 Å². The van der Waals surface area contributed by atoms with Crippen molar-refractivity contribution in [3.05, 3.63) is 84.4 Å². The molecule has 0 radical (unpaired) electrons. The van der Waals surface area contributed by atoms with E-state index < -0.39 is 5.41 Å². The lowest BCUT2D eigenvalue weighted by molar-refractivity contribution is -0.133. The first-order valence-electron chi connectivity index (χ1n) is 10.5. The maximum Gasteiger partial charge on any atom is 0.255 e. The van der Waals surface area contributed by atoms with Crippen LogP contribution in [0.1, 0.15) is 28.8 Å². The fourth-order valence-corrected chi connectivity index (χ4v) is 4.44. The van der Waals surface area contributed by atoms with Crippen molar-refractivity contribution in [3.8, 4) is 11.1 Å². The topological polar surface area (TPSA) is 75.2 Å². The van der Waals surface area contributed by atoms with Crippen LogP contribution >= 0.6 is 0 Å². The molecule has 1 aromatic carbocycles. The Morgan fingerprint density at radius 3 is 2.52 bits per heavy atom. The molecular weight excluding hydrogens is 388 g/mol. The van der Waals surface area contributed by atoms with Gasteiger partial charge in [0.2, 0.25) is 5.91 Å². The zero-order valence-electron chi connectivity index (χ0n) is 17.6. The number of nitrogens with one attached hydrogen (secondary N) is 1. The second kappa shape index (κ2) is 9.08. The van der Waals surface area contributed by atoms with Crippen LogP contribution in [-0.2, 0) is 11.2 Å². The summed E-state index contributed by atoms with van der Waals surface area (Å²) in [5.74, 6) is -0.104. The van der Waals surface area contributed by atoms with E-state index in [0.29, 0.717) is 25.1 Å². The Morgan fingerprint density at radius 2 is 1.81 bits per heavy atom. The van der Waals surface area contributed by atoms with E-state index in [1.54, 1.807) is 42.7 Å². The third-order valence-electron chi connectivity index (χ3n) is 5.95. The van der Waals surface area contributed by atoms with E-state index in [1.165, 1.54) is 0 Å². The summed E-state index contributed by atoms with van der Waals surface area (Å²) in [7, 11) is 1.66. The van der Waals surface area contributed by atoms with Gasteiger partial charge in [-0.2, -0.15) is 0 Å². The summed E-state index contributed by atoms with van der Waals surface area (Å²) < 4.78 is 0. The Morgan fingerprint density at radius 1 is 1.03 bits per heavy atom. The summed E-state index contributed by atoms with van der Waals surface area (Å²) in [6.07, 6.45) is 8.90. The number of hydrogen-bond donors (Lipinski definition) is 1. The molecule has 3 heterocycles. The van der Waals surface area contributed by atoms with Crippen LogP contribution in [0.15, 0.2) is 73.3 Å². The van der Waals surface area contributed by atoms with Gasteiger partial charge in [-0.3, -0.25) is 19.6 Å². The molecule has 4 rings (SSSR count). The number of amides is 2. The fraction of sp³-hybridized carbons (Fsp3) is 0.280. The highest BCUT2D eigenvalue weighted by Gasteiger charge is 2.43. The zero-order valence-corrected chi connectivity index (χ0v) is 17.6. The molecule has 1 aliphatic rings. The van der Waals surface area contributed by atoms with Crippen LogP contribution in [0.4, 0.5) is 0 Å². The van der Waals surface area contributed by atoms with Gasteiger partial charge < -0.3 is 10.2 Å². The minimum absolute atomic E-state index is 0.0250. The minimum Gasteiger partial charge on any atom is -0.359 e. The van der Waals surface area contributed by atoms with Gasteiger partial charge in [0, 0.05) is 44.9 Å². The second-order valence-electron chi connectivity index (χ2n) is 8.05. The molecule has 6 nitrogen and oxygen atoms in total. The summed E-state index contributed by atoms with van der Waals surface area (Å²) in [5.41, 5.74) is 3.06. The van der Waals surface area contributed by atoms with Gasteiger partial charge in [0.25, 0.3) is 5.91 Å². The van der Waals surface area contributed by atoms with Crippen LogP contribution in [0.2, 0.25) is 0 Å². The SMILES string of the molecule is CNC(=O)[C@@]1(Cc2cccc(-c3cccnc3)c2)CCCN(C(=O)c2cccnc2)C1. The van der Waals surface area contributed by atoms with Crippen LogP contribution in [0, 0.1) is 5.41 Å². The number of piperidine rings is 1. The molecule has 1 saturated heterocycles. The van der Waals surface area contributed by atoms with Crippen molar-refractivity contribution in [2.45, 2.75) is 19.3 Å². The van der Waals surface area contributed by atoms with Crippen molar-refractivity contribution < 1.29 is 9.59 Å². The zero-order chi connectivity index (χ0) is 21.7. The molecule has 0 aliphatic carbocycles. The summed E-state index contributed by atoms with van der Waals surface area (Å²) in [5, 5.41) is 2.84. The molecule has 1 atom stereocenters. The standard InChI is InChI=1S/C25H26N4O2/c1-26-24(31)25(10-5-13-29(18-25)23(30)22-9-4-12-28-17-22)15-19-6-2-7-20(14-19)21-8-3-11-27-16-21/h2-4,6-9,11-12,14,16-17H,5,10,13,15,18H2,1H3,(H,26,31)/t25-/m1/s1. The lowest BCUT2D eigenvalue weighted by Crippen LogP contribution is -2.54. The maximum absolute atomic E-state index is 13.1. The molecule has 2 amide bonds.